The van der Waals surface area contributed by atoms with Crippen LogP contribution in [0.4, 0.5) is 13.2 Å². The van der Waals surface area contributed by atoms with Crippen molar-refractivity contribution in [2.24, 2.45) is 11.3 Å². The summed E-state index contributed by atoms with van der Waals surface area (Å²) in [6.45, 7) is 1.34. The van der Waals surface area contributed by atoms with Crippen molar-refractivity contribution in [1.29, 1.82) is 0 Å². The van der Waals surface area contributed by atoms with E-state index in [1.807, 2.05) is 0 Å². The van der Waals surface area contributed by atoms with Crippen LogP contribution in [0.3, 0.4) is 0 Å². The quantitative estimate of drug-likeness (QED) is 0.673. The Morgan fingerprint density at radius 3 is 2.17 bits per heavy atom. The number of rotatable bonds is 1. The Morgan fingerprint density at radius 1 is 1.50 bits per heavy atom. The van der Waals surface area contributed by atoms with E-state index in [2.05, 4.69) is 0 Å². The predicted octanol–water partition coefficient (Wildman–Crippen LogP) is 2.05. The number of aliphatic carboxylic acids is 1. The third kappa shape index (κ3) is 1.40. The summed E-state index contributed by atoms with van der Waals surface area (Å²) in [7, 11) is 0. The maximum absolute atomic E-state index is 11.9. The molecule has 1 rings (SSSR count). The van der Waals surface area contributed by atoms with Crippen LogP contribution in [0, 0.1) is 11.3 Å². The van der Waals surface area contributed by atoms with Gasteiger partial charge in [-0.1, -0.05) is 0 Å². The highest BCUT2D eigenvalue weighted by atomic mass is 19.4. The summed E-state index contributed by atoms with van der Waals surface area (Å²) in [6, 6.07) is 0. The van der Waals surface area contributed by atoms with E-state index in [0.29, 0.717) is 0 Å². The van der Waals surface area contributed by atoms with E-state index in [9.17, 15) is 18.0 Å². The minimum Gasteiger partial charge on any atom is -0.481 e. The second-order valence-electron chi connectivity index (χ2n) is 3.51. The van der Waals surface area contributed by atoms with Crippen LogP contribution in [0.2, 0.25) is 0 Å². The highest BCUT2D eigenvalue weighted by molar-refractivity contribution is 5.75. The van der Waals surface area contributed by atoms with E-state index in [-0.39, 0.29) is 12.8 Å². The van der Waals surface area contributed by atoms with E-state index in [0.717, 1.165) is 0 Å². The van der Waals surface area contributed by atoms with Crippen LogP contribution < -0.4 is 0 Å². The number of alkyl halides is 3. The van der Waals surface area contributed by atoms with Crippen LogP contribution in [0.15, 0.2) is 0 Å². The molecule has 0 unspecified atom stereocenters. The molecule has 0 aliphatic heterocycles. The summed E-state index contributed by atoms with van der Waals surface area (Å²) >= 11 is 0. The van der Waals surface area contributed by atoms with Gasteiger partial charge >= 0.3 is 12.1 Å². The Bertz CT molecular complexity index is 203. The Labute approximate surface area is 67.4 Å². The van der Waals surface area contributed by atoms with E-state index in [1.165, 1.54) is 6.92 Å². The van der Waals surface area contributed by atoms with Crippen LogP contribution in [-0.4, -0.2) is 17.3 Å². The molecule has 0 heterocycles. The molecule has 1 saturated carbocycles. The van der Waals surface area contributed by atoms with Gasteiger partial charge in [0.15, 0.2) is 0 Å². The van der Waals surface area contributed by atoms with Gasteiger partial charge in [-0.05, 0) is 19.8 Å². The van der Waals surface area contributed by atoms with Gasteiger partial charge in [-0.25, -0.2) is 0 Å². The largest absolute Gasteiger partial charge is 0.481 e. The van der Waals surface area contributed by atoms with Gasteiger partial charge in [0, 0.05) is 0 Å². The topological polar surface area (TPSA) is 37.3 Å². The summed E-state index contributed by atoms with van der Waals surface area (Å²) in [5.41, 5.74) is -1.15. The van der Waals surface area contributed by atoms with Gasteiger partial charge in [0.1, 0.15) is 0 Å². The van der Waals surface area contributed by atoms with Crippen molar-refractivity contribution in [1.82, 2.24) is 0 Å². The van der Waals surface area contributed by atoms with Crippen molar-refractivity contribution in [3.63, 3.8) is 0 Å². The second kappa shape index (κ2) is 2.37. The SMILES string of the molecule is CC1(C(=O)O)CC(C(F)(F)F)C1. The average molecular weight is 182 g/mol. The fourth-order valence-corrected chi connectivity index (χ4v) is 1.43. The number of carboxylic acid groups (broad SMARTS) is 1. The Morgan fingerprint density at radius 2 is 1.92 bits per heavy atom. The normalized spacial score (nSPS) is 35.8. The van der Waals surface area contributed by atoms with Crippen LogP contribution >= 0.6 is 0 Å². The molecule has 0 atom stereocenters. The van der Waals surface area contributed by atoms with Crippen molar-refractivity contribution in [3.05, 3.63) is 0 Å². The molecule has 0 aromatic carbocycles. The smallest absolute Gasteiger partial charge is 0.391 e. The summed E-state index contributed by atoms with van der Waals surface area (Å²) in [5.74, 6) is -2.55. The monoisotopic (exact) mass is 182 g/mol. The Hall–Kier alpha value is -0.740. The minimum absolute atomic E-state index is 0.286. The third-order valence-electron chi connectivity index (χ3n) is 2.37. The first-order chi connectivity index (χ1) is 5.26. The molecule has 0 bridgehead atoms. The maximum atomic E-state index is 11.9. The number of carbonyl (C=O) groups is 1. The first-order valence-corrected chi connectivity index (χ1v) is 3.56. The first-order valence-electron chi connectivity index (χ1n) is 3.56. The van der Waals surface area contributed by atoms with E-state index in [4.69, 9.17) is 5.11 Å². The number of halogens is 3. The molecule has 1 N–H and O–H groups in total. The number of carboxylic acids is 1. The molecule has 5 heteroatoms. The summed E-state index contributed by atoms with van der Waals surface area (Å²) < 4.78 is 35.7. The van der Waals surface area contributed by atoms with Crippen molar-refractivity contribution < 1.29 is 23.1 Å². The molecule has 0 saturated heterocycles. The Balaban J connectivity index is 2.53. The van der Waals surface area contributed by atoms with Crippen LogP contribution in [0.1, 0.15) is 19.8 Å². The zero-order valence-corrected chi connectivity index (χ0v) is 6.48. The van der Waals surface area contributed by atoms with E-state index < -0.39 is 23.5 Å². The van der Waals surface area contributed by atoms with E-state index in [1.54, 1.807) is 0 Å². The lowest BCUT2D eigenvalue weighted by Crippen LogP contribution is -2.47. The molecule has 2 nitrogen and oxygen atoms in total. The Kier molecular flexibility index (Phi) is 1.85. The molecule has 0 spiro atoms. The summed E-state index contributed by atoms with van der Waals surface area (Å²) in [5, 5.41) is 8.51. The van der Waals surface area contributed by atoms with Crippen molar-refractivity contribution in [2.45, 2.75) is 25.9 Å². The van der Waals surface area contributed by atoms with Crippen molar-refractivity contribution >= 4 is 5.97 Å². The van der Waals surface area contributed by atoms with Gasteiger partial charge in [0.25, 0.3) is 0 Å². The molecular formula is C7H9F3O2. The van der Waals surface area contributed by atoms with Crippen LogP contribution in [-0.2, 0) is 4.79 Å². The van der Waals surface area contributed by atoms with Gasteiger partial charge in [-0.15, -0.1) is 0 Å². The molecule has 1 fully saturated rings. The zero-order valence-electron chi connectivity index (χ0n) is 6.48. The molecule has 0 amide bonds. The minimum atomic E-state index is -4.23. The maximum Gasteiger partial charge on any atom is 0.391 e. The molecular weight excluding hydrogens is 173 g/mol. The number of hydrogen-bond acceptors (Lipinski definition) is 1. The fourth-order valence-electron chi connectivity index (χ4n) is 1.43. The van der Waals surface area contributed by atoms with Gasteiger partial charge in [0.2, 0.25) is 0 Å². The van der Waals surface area contributed by atoms with E-state index >= 15 is 0 Å². The lowest BCUT2D eigenvalue weighted by atomic mass is 9.63. The summed E-state index contributed by atoms with van der Waals surface area (Å²) in [6.07, 6.45) is -4.80. The lowest BCUT2D eigenvalue weighted by molar-refractivity contribution is -0.222. The predicted molar refractivity (Wildman–Crippen MR) is 34.5 cm³/mol. The number of hydrogen-bond donors (Lipinski definition) is 1. The van der Waals surface area contributed by atoms with Gasteiger partial charge < -0.3 is 5.11 Å². The van der Waals surface area contributed by atoms with Gasteiger partial charge in [-0.3, -0.25) is 4.79 Å². The molecule has 0 radical (unpaired) electrons. The molecule has 70 valence electrons. The van der Waals surface area contributed by atoms with Gasteiger partial charge in [-0.2, -0.15) is 13.2 Å². The standard InChI is InChI=1S/C7H9F3O2/c1-6(5(11)12)2-4(3-6)7(8,9)10/h4H,2-3H2,1H3,(H,11,12). The van der Waals surface area contributed by atoms with Crippen LogP contribution in [0.5, 0.6) is 0 Å². The lowest BCUT2D eigenvalue weighted by Gasteiger charge is -2.42. The zero-order chi connectivity index (χ0) is 9.57. The molecule has 1 aliphatic carbocycles. The third-order valence-corrected chi connectivity index (χ3v) is 2.37. The second-order valence-corrected chi connectivity index (χ2v) is 3.51. The highest BCUT2D eigenvalue weighted by Gasteiger charge is 2.56. The molecule has 12 heavy (non-hydrogen) atoms. The summed E-state index contributed by atoms with van der Waals surface area (Å²) in [4.78, 5) is 10.4. The highest BCUT2D eigenvalue weighted by Crippen LogP contribution is 2.52. The van der Waals surface area contributed by atoms with Crippen LogP contribution in [0.25, 0.3) is 0 Å². The van der Waals surface area contributed by atoms with Crippen molar-refractivity contribution in [3.8, 4) is 0 Å². The fraction of sp³-hybridized carbons (Fsp3) is 0.857. The molecule has 0 aromatic heterocycles. The average Bonchev–Trinajstić information content (AvgIpc) is 1.77. The molecule has 1 aliphatic rings. The molecule has 0 aromatic rings. The first kappa shape index (κ1) is 9.35. The van der Waals surface area contributed by atoms with Crippen molar-refractivity contribution in [2.75, 3.05) is 0 Å². The van der Waals surface area contributed by atoms with Gasteiger partial charge in [0.05, 0.1) is 11.3 Å².